The number of benzene rings is 1. The molecule has 1 unspecified atom stereocenters. The smallest absolute Gasteiger partial charge is 0.387 e. The van der Waals surface area contributed by atoms with E-state index in [-0.39, 0.29) is 12.5 Å². The van der Waals surface area contributed by atoms with Gasteiger partial charge < -0.3 is 5.11 Å². The minimum Gasteiger partial charge on any atom is -0.387 e. The van der Waals surface area contributed by atoms with Crippen LogP contribution in [0.4, 0.5) is 26.3 Å². The van der Waals surface area contributed by atoms with Gasteiger partial charge in [0.05, 0.1) is 17.2 Å². The molecule has 0 saturated heterocycles. The van der Waals surface area contributed by atoms with Gasteiger partial charge in [-0.3, -0.25) is 0 Å². The Morgan fingerprint density at radius 1 is 1.00 bits per heavy atom. The van der Waals surface area contributed by atoms with Gasteiger partial charge in [-0.1, -0.05) is 0 Å². The van der Waals surface area contributed by atoms with Crippen molar-refractivity contribution in [1.82, 2.24) is 0 Å². The van der Waals surface area contributed by atoms with Crippen LogP contribution in [0.2, 0.25) is 0 Å². The Labute approximate surface area is 104 Å². The van der Waals surface area contributed by atoms with Crippen molar-refractivity contribution in [3.8, 4) is 12.3 Å². The van der Waals surface area contributed by atoms with Crippen LogP contribution in [-0.4, -0.2) is 5.11 Å². The first-order valence-electron chi connectivity index (χ1n) is 4.96. The molecule has 7 heteroatoms. The number of alkyl halides is 6. The average Bonchev–Trinajstić information content (AvgIpc) is 2.26. The predicted molar refractivity (Wildman–Crippen MR) is 54.9 cm³/mol. The monoisotopic (exact) mass is 282 g/mol. The minimum absolute atomic E-state index is 0.00784. The first-order chi connectivity index (χ1) is 8.55. The highest BCUT2D eigenvalue weighted by Crippen LogP contribution is 2.37. The molecule has 19 heavy (non-hydrogen) atoms. The Bertz CT molecular complexity index is 462. The van der Waals surface area contributed by atoms with Gasteiger partial charge in [0.2, 0.25) is 0 Å². The molecular formula is C12H8F6O. The highest BCUT2D eigenvalue weighted by molar-refractivity contribution is 5.35. The number of aliphatic hydroxyl groups excluding tert-OH is 1. The Morgan fingerprint density at radius 2 is 1.42 bits per heavy atom. The van der Waals surface area contributed by atoms with Gasteiger partial charge in [0, 0.05) is 6.42 Å². The molecule has 0 fully saturated rings. The molecule has 1 rings (SSSR count). The van der Waals surface area contributed by atoms with Crippen molar-refractivity contribution in [2.45, 2.75) is 24.9 Å². The Hall–Kier alpha value is -1.68. The Kier molecular flexibility index (Phi) is 4.15. The lowest BCUT2D eigenvalue weighted by Crippen LogP contribution is -2.13. The molecule has 0 spiro atoms. The molecule has 104 valence electrons. The fourth-order valence-electron chi connectivity index (χ4n) is 1.40. The molecular weight excluding hydrogens is 274 g/mol. The summed E-state index contributed by atoms with van der Waals surface area (Å²) < 4.78 is 75.0. The van der Waals surface area contributed by atoms with Gasteiger partial charge >= 0.3 is 12.4 Å². The maximum absolute atomic E-state index is 12.5. The zero-order chi connectivity index (χ0) is 14.8. The fraction of sp³-hybridized carbons (Fsp3) is 0.333. The van der Waals surface area contributed by atoms with E-state index >= 15 is 0 Å². The van der Waals surface area contributed by atoms with Crippen LogP contribution in [0.5, 0.6) is 0 Å². The summed E-state index contributed by atoms with van der Waals surface area (Å²) in [7, 11) is 0. The molecule has 1 atom stereocenters. The van der Waals surface area contributed by atoms with Gasteiger partial charge in [0.25, 0.3) is 0 Å². The first-order valence-corrected chi connectivity index (χ1v) is 4.96. The molecule has 0 bridgehead atoms. The van der Waals surface area contributed by atoms with E-state index in [4.69, 9.17) is 6.42 Å². The fourth-order valence-corrected chi connectivity index (χ4v) is 1.40. The van der Waals surface area contributed by atoms with Crippen LogP contribution in [0.25, 0.3) is 0 Å². The van der Waals surface area contributed by atoms with E-state index in [9.17, 15) is 31.4 Å². The third-order valence-corrected chi connectivity index (χ3v) is 2.31. The van der Waals surface area contributed by atoms with Gasteiger partial charge in [-0.15, -0.1) is 12.3 Å². The third-order valence-electron chi connectivity index (χ3n) is 2.31. The second-order valence-electron chi connectivity index (χ2n) is 3.76. The molecule has 0 aromatic heterocycles. The molecule has 0 aliphatic heterocycles. The SMILES string of the molecule is C#CCC(O)c1cc(C(F)(F)F)cc(C(F)(F)F)c1. The van der Waals surface area contributed by atoms with Crippen molar-refractivity contribution in [1.29, 1.82) is 0 Å². The van der Waals surface area contributed by atoms with Crippen molar-refractivity contribution >= 4 is 0 Å². The van der Waals surface area contributed by atoms with Gasteiger partial charge in [-0.2, -0.15) is 26.3 Å². The molecule has 1 aromatic rings. The zero-order valence-electron chi connectivity index (χ0n) is 9.31. The van der Waals surface area contributed by atoms with Crippen molar-refractivity contribution < 1.29 is 31.4 Å². The van der Waals surface area contributed by atoms with Gasteiger partial charge in [0.1, 0.15) is 0 Å². The number of hydrogen-bond donors (Lipinski definition) is 1. The highest BCUT2D eigenvalue weighted by atomic mass is 19.4. The summed E-state index contributed by atoms with van der Waals surface area (Å²) in [5.41, 5.74) is -3.47. The number of halogens is 6. The van der Waals surface area contributed by atoms with E-state index < -0.39 is 35.1 Å². The Balaban J connectivity index is 3.38. The lowest BCUT2D eigenvalue weighted by molar-refractivity contribution is -0.143. The Morgan fingerprint density at radius 3 is 1.74 bits per heavy atom. The van der Waals surface area contributed by atoms with Crippen LogP contribution in [-0.2, 0) is 12.4 Å². The molecule has 1 aromatic carbocycles. The second-order valence-corrected chi connectivity index (χ2v) is 3.76. The summed E-state index contributed by atoms with van der Waals surface area (Å²) in [4.78, 5) is 0. The molecule has 0 aliphatic rings. The van der Waals surface area contributed by atoms with Crippen molar-refractivity contribution in [3.63, 3.8) is 0 Å². The highest BCUT2D eigenvalue weighted by Gasteiger charge is 2.37. The van der Waals surface area contributed by atoms with Crippen molar-refractivity contribution in [2.24, 2.45) is 0 Å². The molecule has 0 amide bonds. The average molecular weight is 282 g/mol. The van der Waals surface area contributed by atoms with Crippen LogP contribution in [0.3, 0.4) is 0 Å². The number of aliphatic hydroxyl groups is 1. The van der Waals surface area contributed by atoms with E-state index in [1.165, 1.54) is 0 Å². The van der Waals surface area contributed by atoms with E-state index in [2.05, 4.69) is 0 Å². The van der Waals surface area contributed by atoms with Crippen LogP contribution < -0.4 is 0 Å². The van der Waals surface area contributed by atoms with Crippen LogP contribution in [0, 0.1) is 12.3 Å². The molecule has 1 nitrogen and oxygen atoms in total. The summed E-state index contributed by atoms with van der Waals surface area (Å²) in [5.74, 6) is 1.97. The van der Waals surface area contributed by atoms with E-state index in [1.807, 2.05) is 5.92 Å². The number of rotatable bonds is 2. The maximum atomic E-state index is 12.5. The van der Waals surface area contributed by atoms with E-state index in [0.29, 0.717) is 12.1 Å². The summed E-state index contributed by atoms with van der Waals surface area (Å²) in [6, 6.07) is 0.903. The summed E-state index contributed by atoms with van der Waals surface area (Å²) in [6.45, 7) is 0. The quantitative estimate of drug-likeness (QED) is 0.646. The second kappa shape index (κ2) is 5.13. The molecule has 0 heterocycles. The van der Waals surface area contributed by atoms with Crippen molar-refractivity contribution in [3.05, 3.63) is 34.9 Å². The normalized spacial score (nSPS) is 14.0. The summed E-state index contributed by atoms with van der Waals surface area (Å²) >= 11 is 0. The molecule has 1 N–H and O–H groups in total. The third kappa shape index (κ3) is 3.89. The summed E-state index contributed by atoms with van der Waals surface area (Å²) in [6.07, 6.45) is -6.97. The van der Waals surface area contributed by atoms with Crippen LogP contribution in [0.1, 0.15) is 29.2 Å². The zero-order valence-corrected chi connectivity index (χ0v) is 9.31. The van der Waals surface area contributed by atoms with E-state index in [0.717, 1.165) is 0 Å². The van der Waals surface area contributed by atoms with Crippen LogP contribution >= 0.6 is 0 Å². The van der Waals surface area contributed by atoms with Crippen molar-refractivity contribution in [2.75, 3.05) is 0 Å². The largest absolute Gasteiger partial charge is 0.416 e. The number of terminal acetylenes is 1. The van der Waals surface area contributed by atoms with Gasteiger partial charge in [-0.05, 0) is 23.8 Å². The maximum Gasteiger partial charge on any atom is 0.416 e. The lowest BCUT2D eigenvalue weighted by Gasteiger charge is -2.16. The molecule has 0 radical (unpaired) electrons. The van der Waals surface area contributed by atoms with E-state index in [1.54, 1.807) is 0 Å². The summed E-state index contributed by atoms with van der Waals surface area (Å²) in [5, 5.41) is 9.42. The van der Waals surface area contributed by atoms with Gasteiger partial charge in [-0.25, -0.2) is 0 Å². The standard InChI is InChI=1S/C12H8F6O/c1-2-3-10(19)7-4-8(11(13,14)15)6-9(5-7)12(16,17)18/h1,4-6,10,19H,3H2. The predicted octanol–water partition coefficient (Wildman–Crippen LogP) is 3.78. The molecule has 0 aliphatic carbocycles. The molecule has 0 saturated carbocycles. The first kappa shape index (κ1) is 15.4. The minimum atomic E-state index is -4.94. The van der Waals surface area contributed by atoms with Crippen LogP contribution in [0.15, 0.2) is 18.2 Å². The lowest BCUT2D eigenvalue weighted by atomic mass is 9.99. The number of hydrogen-bond acceptors (Lipinski definition) is 1. The topological polar surface area (TPSA) is 20.2 Å². The van der Waals surface area contributed by atoms with Gasteiger partial charge in [0.15, 0.2) is 0 Å².